The van der Waals surface area contributed by atoms with Crippen molar-refractivity contribution in [3.63, 3.8) is 0 Å². The van der Waals surface area contributed by atoms with Crippen LogP contribution < -0.4 is 0 Å². The van der Waals surface area contributed by atoms with Gasteiger partial charge in [0.1, 0.15) is 0 Å². The van der Waals surface area contributed by atoms with E-state index in [4.69, 9.17) is 5.41 Å². The van der Waals surface area contributed by atoms with E-state index in [0.29, 0.717) is 0 Å². The van der Waals surface area contributed by atoms with Crippen LogP contribution in [0.5, 0.6) is 0 Å². The summed E-state index contributed by atoms with van der Waals surface area (Å²) < 4.78 is 0. The number of benzene rings is 2. The van der Waals surface area contributed by atoms with Gasteiger partial charge in [-0.1, -0.05) is 64.4 Å². The molecule has 0 saturated carbocycles. The second-order valence-electron chi connectivity index (χ2n) is 4.98. The van der Waals surface area contributed by atoms with Crippen LogP contribution in [0.3, 0.4) is 0 Å². The molecule has 3 rings (SSSR count). The average Bonchev–Trinajstić information content (AvgIpc) is 2.71. The van der Waals surface area contributed by atoms with Gasteiger partial charge in [0.25, 0.3) is 0 Å². The smallest absolute Gasteiger partial charge is 0.911 e. The normalized spacial score (nSPS) is 8.78. The van der Waals surface area contributed by atoms with Crippen molar-refractivity contribution < 1.29 is 20.1 Å². The molecule has 0 bridgehead atoms. The molecule has 0 radical (unpaired) electrons. The van der Waals surface area contributed by atoms with Crippen LogP contribution in [0.15, 0.2) is 66.7 Å². The fraction of sp³-hybridized carbons (Fsp3) is 0.250. The van der Waals surface area contributed by atoms with Gasteiger partial charge < -0.3 is 11.6 Å². The number of fused-ring (bicyclic) bond motifs is 1. The van der Waals surface area contributed by atoms with E-state index < -0.39 is 0 Å². The van der Waals surface area contributed by atoms with Crippen LogP contribution in [0.2, 0.25) is 0 Å². The van der Waals surface area contributed by atoms with Crippen molar-refractivity contribution in [2.45, 2.75) is 41.0 Å². The summed E-state index contributed by atoms with van der Waals surface area (Å²) in [5, 5.41) is 8.99. The molecule has 2 aromatic carbocycles. The molecule has 0 N–H and O–H groups in total. The molecule has 1 heterocycles. The standard InChI is InChI=1S/C15H10N.C4H5N.C3H8.C2H6.Ir/c1-2-6-12(7-3-1)15-11-10-13-8-4-5-9-14(13)16-15;1-2-3-4-5;1-3-2;1-2;/h1-6,8-11H;3-4H,1H3;3H2,1-2H3;1-2H3;/q-1;-2;;;+3. The third-order valence-electron chi connectivity index (χ3n) is 2.82. The van der Waals surface area contributed by atoms with Crippen LogP contribution in [0.1, 0.15) is 41.0 Å². The molecule has 0 aliphatic rings. The Morgan fingerprint density at radius 3 is 2.15 bits per heavy atom. The Morgan fingerprint density at radius 2 is 1.63 bits per heavy atom. The molecule has 0 aliphatic heterocycles. The summed E-state index contributed by atoms with van der Waals surface area (Å²) in [6.07, 6.45) is 6.21. The van der Waals surface area contributed by atoms with Crippen molar-refractivity contribution in [2.75, 3.05) is 0 Å². The van der Waals surface area contributed by atoms with Gasteiger partial charge in [0.05, 0.1) is 5.52 Å². The largest absolute Gasteiger partial charge is 3.00 e. The van der Waals surface area contributed by atoms with Gasteiger partial charge in [0, 0.05) is 0 Å². The second kappa shape index (κ2) is 18.7. The zero-order valence-electron chi connectivity index (χ0n) is 16.9. The summed E-state index contributed by atoms with van der Waals surface area (Å²) >= 11 is 0. The van der Waals surface area contributed by atoms with Gasteiger partial charge in [0.15, 0.2) is 0 Å². The quantitative estimate of drug-likeness (QED) is 0.253. The van der Waals surface area contributed by atoms with Crippen LogP contribution in [0, 0.1) is 12.1 Å². The minimum Gasteiger partial charge on any atom is -0.911 e. The molecule has 0 atom stereocenters. The molecule has 0 unspecified atom stereocenters. The minimum absolute atomic E-state index is 0. The van der Waals surface area contributed by atoms with E-state index in [2.05, 4.69) is 43.1 Å². The first-order valence-electron chi connectivity index (χ1n) is 9.06. The zero-order chi connectivity index (χ0) is 19.6. The molecular formula is C24H29IrN2. The third-order valence-corrected chi connectivity index (χ3v) is 2.82. The maximum atomic E-state index is 7.82. The number of aromatic nitrogens is 1. The molecular weight excluding hydrogens is 508 g/mol. The number of rotatable bonds is 2. The first-order valence-corrected chi connectivity index (χ1v) is 9.06. The maximum absolute atomic E-state index is 7.82. The molecule has 2 nitrogen and oxygen atoms in total. The molecule has 0 fully saturated rings. The van der Waals surface area contributed by atoms with E-state index in [1.807, 2.05) is 62.4 Å². The van der Waals surface area contributed by atoms with Gasteiger partial charge in [0.2, 0.25) is 0 Å². The number of hydrogen-bond acceptors (Lipinski definition) is 1. The minimum atomic E-state index is 0. The molecule has 0 amide bonds. The molecule has 1 aromatic heterocycles. The molecule has 144 valence electrons. The Morgan fingerprint density at radius 1 is 1.00 bits per heavy atom. The third kappa shape index (κ3) is 11.3. The average molecular weight is 538 g/mol. The van der Waals surface area contributed by atoms with E-state index >= 15 is 0 Å². The predicted molar refractivity (Wildman–Crippen MR) is 116 cm³/mol. The summed E-state index contributed by atoms with van der Waals surface area (Å²) in [7, 11) is 0. The number of para-hydroxylation sites is 1. The van der Waals surface area contributed by atoms with Gasteiger partial charge in [-0.25, -0.2) is 0 Å². The van der Waals surface area contributed by atoms with Crippen molar-refractivity contribution >= 4 is 17.1 Å². The molecule has 0 spiro atoms. The topological polar surface area (TPSA) is 35.2 Å². The number of pyridine rings is 1. The Kier molecular flexibility index (Phi) is 18.8. The predicted octanol–water partition coefficient (Wildman–Crippen LogP) is 7.15. The van der Waals surface area contributed by atoms with E-state index in [9.17, 15) is 0 Å². The van der Waals surface area contributed by atoms with E-state index in [-0.39, 0.29) is 20.1 Å². The molecule has 3 aromatic rings. The molecule has 0 saturated heterocycles. The van der Waals surface area contributed by atoms with E-state index in [1.54, 1.807) is 6.92 Å². The van der Waals surface area contributed by atoms with Gasteiger partial charge in [-0.05, 0) is 17.1 Å². The number of hydrogen-bond donors (Lipinski definition) is 0. The molecule has 27 heavy (non-hydrogen) atoms. The Bertz CT molecular complexity index is 752. The maximum Gasteiger partial charge on any atom is 3.00 e. The van der Waals surface area contributed by atoms with Gasteiger partial charge >= 0.3 is 20.1 Å². The van der Waals surface area contributed by atoms with Crippen molar-refractivity contribution in [1.82, 2.24) is 4.98 Å². The number of allylic oxidation sites excluding steroid dienone is 2. The second-order valence-corrected chi connectivity index (χ2v) is 4.98. The summed E-state index contributed by atoms with van der Waals surface area (Å²) in [4.78, 5) is 4.61. The molecule has 3 heteroatoms. The van der Waals surface area contributed by atoms with Gasteiger partial charge in [-0.2, -0.15) is 0 Å². The van der Waals surface area contributed by atoms with Crippen LogP contribution in [0.4, 0.5) is 0 Å². The van der Waals surface area contributed by atoms with Gasteiger partial charge in [-0.3, -0.25) is 17.1 Å². The van der Waals surface area contributed by atoms with Crippen molar-refractivity contribution in [1.29, 1.82) is 0 Å². The summed E-state index contributed by atoms with van der Waals surface area (Å²) in [6.45, 7) is 9.96. The van der Waals surface area contributed by atoms with E-state index in [0.717, 1.165) is 23.0 Å². The summed E-state index contributed by atoms with van der Waals surface area (Å²) in [5.41, 5.74) is 3.03. The SMILES string of the molecule is CC.CCC.C[C-]=CC=[N-].[Ir+3].[c-]1ccccc1-c1ccc2ccccc2n1. The summed E-state index contributed by atoms with van der Waals surface area (Å²) in [6, 6.07) is 23.4. The zero-order valence-corrected chi connectivity index (χ0v) is 19.3. The van der Waals surface area contributed by atoms with Crippen LogP contribution in [-0.4, -0.2) is 11.2 Å². The first-order chi connectivity index (χ1) is 12.8. The van der Waals surface area contributed by atoms with Crippen LogP contribution >= 0.6 is 0 Å². The van der Waals surface area contributed by atoms with E-state index in [1.165, 1.54) is 17.9 Å². The van der Waals surface area contributed by atoms with Crippen molar-refractivity contribution in [3.8, 4) is 11.3 Å². The van der Waals surface area contributed by atoms with Crippen LogP contribution in [-0.2, 0) is 20.1 Å². The van der Waals surface area contributed by atoms with Crippen molar-refractivity contribution in [3.05, 3.63) is 84.3 Å². The van der Waals surface area contributed by atoms with Crippen molar-refractivity contribution in [2.24, 2.45) is 0 Å². The van der Waals surface area contributed by atoms with Gasteiger partial charge in [-0.15, -0.1) is 42.8 Å². The molecule has 0 aliphatic carbocycles. The Hall–Kier alpha value is -2.09. The monoisotopic (exact) mass is 538 g/mol. The van der Waals surface area contributed by atoms with Crippen LogP contribution in [0.25, 0.3) is 27.6 Å². The fourth-order valence-corrected chi connectivity index (χ4v) is 1.84. The fourth-order valence-electron chi connectivity index (χ4n) is 1.84. The number of nitrogens with zero attached hydrogens (tertiary/aromatic N) is 2. The summed E-state index contributed by atoms with van der Waals surface area (Å²) in [5.74, 6) is 0. The first kappa shape index (κ1) is 27.1. The Labute approximate surface area is 178 Å². The Balaban J connectivity index is 0.